The van der Waals surface area contributed by atoms with Crippen molar-refractivity contribution in [1.29, 1.82) is 0 Å². The van der Waals surface area contributed by atoms with Gasteiger partial charge < -0.3 is 4.42 Å². The zero-order valence-electron chi connectivity index (χ0n) is 15.2. The second-order valence-corrected chi connectivity index (χ2v) is 7.06. The molecule has 0 aliphatic carbocycles. The lowest BCUT2D eigenvalue weighted by Gasteiger charge is -2.31. The Hall–Kier alpha value is -2.17. The number of benzene rings is 2. The van der Waals surface area contributed by atoms with E-state index in [9.17, 15) is 4.39 Å². The van der Waals surface area contributed by atoms with Crippen LogP contribution in [0.15, 0.2) is 65.3 Å². The van der Waals surface area contributed by atoms with Crippen molar-refractivity contribution < 1.29 is 8.81 Å². The van der Waals surface area contributed by atoms with Gasteiger partial charge in [-0.3, -0.25) is 4.90 Å². The molecule has 2 heterocycles. The summed E-state index contributed by atoms with van der Waals surface area (Å²) in [6, 6.07) is 17.1. The van der Waals surface area contributed by atoms with E-state index in [1.165, 1.54) is 37.0 Å². The lowest BCUT2D eigenvalue weighted by Crippen LogP contribution is -2.33. The highest BCUT2D eigenvalue weighted by molar-refractivity contribution is 5.85. The first-order valence-corrected chi connectivity index (χ1v) is 9.23. The maximum atomic E-state index is 13.3. The molecule has 3 aromatic rings. The highest BCUT2D eigenvalue weighted by Crippen LogP contribution is 2.24. The van der Waals surface area contributed by atoms with Crippen LogP contribution in [0.4, 0.5) is 4.39 Å². The lowest BCUT2D eigenvalue weighted by molar-refractivity contribution is 0.175. The molecule has 0 bridgehead atoms. The highest BCUT2D eigenvalue weighted by Gasteiger charge is 2.20. The molecule has 0 amide bonds. The Bertz CT molecular complexity index is 844. The summed E-state index contributed by atoms with van der Waals surface area (Å²) in [5, 5.41) is 0. The van der Waals surface area contributed by atoms with Crippen LogP contribution in [0.25, 0.3) is 11.5 Å². The van der Waals surface area contributed by atoms with Gasteiger partial charge in [0.05, 0.1) is 5.69 Å². The third-order valence-corrected chi connectivity index (χ3v) is 5.08. The molecular formula is C22H24ClFN2O. The molecule has 2 aromatic carbocycles. The van der Waals surface area contributed by atoms with Gasteiger partial charge in [-0.25, -0.2) is 9.37 Å². The maximum absolute atomic E-state index is 13.3. The number of hydrogen-bond acceptors (Lipinski definition) is 3. The Labute approximate surface area is 165 Å². The Morgan fingerprint density at radius 3 is 2.56 bits per heavy atom. The predicted octanol–water partition coefficient (Wildman–Crippen LogP) is 5.36. The van der Waals surface area contributed by atoms with E-state index in [-0.39, 0.29) is 18.2 Å². The van der Waals surface area contributed by atoms with E-state index in [4.69, 9.17) is 4.42 Å². The van der Waals surface area contributed by atoms with Crippen molar-refractivity contribution in [2.45, 2.75) is 25.8 Å². The third kappa shape index (κ3) is 5.18. The second kappa shape index (κ2) is 9.16. The van der Waals surface area contributed by atoms with E-state index in [0.717, 1.165) is 31.2 Å². The molecular weight excluding hydrogens is 363 g/mol. The first-order chi connectivity index (χ1) is 12.8. The van der Waals surface area contributed by atoms with Crippen LogP contribution in [0, 0.1) is 11.7 Å². The number of halogens is 2. The molecule has 0 N–H and O–H groups in total. The van der Waals surface area contributed by atoms with Crippen LogP contribution in [0.3, 0.4) is 0 Å². The molecule has 0 radical (unpaired) electrons. The van der Waals surface area contributed by atoms with Gasteiger partial charge >= 0.3 is 0 Å². The van der Waals surface area contributed by atoms with E-state index < -0.39 is 0 Å². The Kier molecular flexibility index (Phi) is 6.64. The van der Waals surface area contributed by atoms with Crippen molar-refractivity contribution >= 4 is 12.4 Å². The van der Waals surface area contributed by atoms with Gasteiger partial charge in [0.15, 0.2) is 0 Å². The quantitative estimate of drug-likeness (QED) is 0.591. The molecule has 142 valence electrons. The van der Waals surface area contributed by atoms with E-state index >= 15 is 0 Å². The van der Waals surface area contributed by atoms with Gasteiger partial charge in [-0.1, -0.05) is 36.4 Å². The first kappa shape index (κ1) is 19.6. The van der Waals surface area contributed by atoms with Crippen LogP contribution in [0.2, 0.25) is 0 Å². The van der Waals surface area contributed by atoms with Crippen LogP contribution in [-0.2, 0) is 13.0 Å². The largest absolute Gasteiger partial charge is 0.444 e. The minimum absolute atomic E-state index is 0. The van der Waals surface area contributed by atoms with Gasteiger partial charge in [0.25, 0.3) is 0 Å². The number of likely N-dealkylation sites (tertiary alicyclic amines) is 1. The summed E-state index contributed by atoms with van der Waals surface area (Å²) in [7, 11) is 0. The minimum atomic E-state index is -0.275. The molecule has 1 saturated heterocycles. The monoisotopic (exact) mass is 386 g/mol. The van der Waals surface area contributed by atoms with Crippen molar-refractivity contribution in [2.75, 3.05) is 13.1 Å². The smallest absolute Gasteiger partial charge is 0.226 e. The number of aromatic nitrogens is 1. The average molecular weight is 387 g/mol. The van der Waals surface area contributed by atoms with Gasteiger partial charge in [0.1, 0.15) is 12.1 Å². The molecule has 1 aromatic heterocycles. The van der Waals surface area contributed by atoms with E-state index in [0.29, 0.717) is 11.5 Å². The number of rotatable bonds is 5. The van der Waals surface area contributed by atoms with E-state index in [2.05, 4.69) is 40.2 Å². The predicted molar refractivity (Wildman–Crippen MR) is 107 cm³/mol. The summed E-state index contributed by atoms with van der Waals surface area (Å²) in [4.78, 5) is 6.95. The third-order valence-electron chi connectivity index (χ3n) is 5.08. The summed E-state index contributed by atoms with van der Waals surface area (Å²) in [5.74, 6) is 0.968. The van der Waals surface area contributed by atoms with Crippen LogP contribution in [0.5, 0.6) is 0 Å². The SMILES string of the molecule is Cl.Fc1cccc(-c2nc(CN3CCC(Cc4ccccc4)CC3)co2)c1. The summed E-state index contributed by atoms with van der Waals surface area (Å²) >= 11 is 0. The molecule has 0 spiro atoms. The first-order valence-electron chi connectivity index (χ1n) is 9.23. The standard InChI is InChI=1S/C22H23FN2O.ClH/c23-20-8-4-7-19(14-20)22-24-21(16-26-22)15-25-11-9-18(10-12-25)13-17-5-2-1-3-6-17;/h1-8,14,16,18H,9-13,15H2;1H. The summed E-state index contributed by atoms with van der Waals surface area (Å²) in [6.45, 7) is 2.95. The van der Waals surface area contributed by atoms with Crippen molar-refractivity contribution in [3.05, 3.63) is 77.9 Å². The number of oxazole rings is 1. The number of nitrogens with zero attached hydrogens (tertiary/aromatic N) is 2. The second-order valence-electron chi connectivity index (χ2n) is 7.06. The van der Waals surface area contributed by atoms with Crippen LogP contribution >= 0.6 is 12.4 Å². The zero-order valence-corrected chi connectivity index (χ0v) is 16.0. The normalized spacial score (nSPS) is 15.4. The molecule has 1 fully saturated rings. The molecule has 0 atom stereocenters. The topological polar surface area (TPSA) is 29.3 Å². The van der Waals surface area contributed by atoms with Crippen molar-refractivity contribution in [1.82, 2.24) is 9.88 Å². The van der Waals surface area contributed by atoms with Crippen LogP contribution < -0.4 is 0 Å². The average Bonchev–Trinajstić information content (AvgIpc) is 3.13. The zero-order chi connectivity index (χ0) is 17.8. The van der Waals surface area contributed by atoms with Gasteiger partial charge in [-0.2, -0.15) is 0 Å². The van der Waals surface area contributed by atoms with Crippen molar-refractivity contribution in [3.8, 4) is 11.5 Å². The minimum Gasteiger partial charge on any atom is -0.444 e. The van der Waals surface area contributed by atoms with Gasteiger partial charge in [-0.15, -0.1) is 12.4 Å². The summed E-state index contributed by atoms with van der Waals surface area (Å²) in [6.07, 6.45) is 5.28. The van der Waals surface area contributed by atoms with Crippen molar-refractivity contribution in [2.24, 2.45) is 5.92 Å². The van der Waals surface area contributed by atoms with Crippen LogP contribution in [-0.4, -0.2) is 23.0 Å². The molecule has 0 unspecified atom stereocenters. The van der Waals surface area contributed by atoms with Gasteiger partial charge in [0.2, 0.25) is 5.89 Å². The highest BCUT2D eigenvalue weighted by atomic mass is 35.5. The fraction of sp³-hybridized carbons (Fsp3) is 0.318. The van der Waals surface area contributed by atoms with E-state index in [1.54, 1.807) is 12.3 Å². The number of hydrogen-bond donors (Lipinski definition) is 0. The fourth-order valence-electron chi connectivity index (χ4n) is 3.66. The van der Waals surface area contributed by atoms with E-state index in [1.807, 2.05) is 6.07 Å². The molecule has 27 heavy (non-hydrogen) atoms. The summed E-state index contributed by atoms with van der Waals surface area (Å²) < 4.78 is 18.9. The fourth-order valence-corrected chi connectivity index (χ4v) is 3.66. The molecule has 0 saturated carbocycles. The molecule has 4 rings (SSSR count). The summed E-state index contributed by atoms with van der Waals surface area (Å²) in [5.41, 5.74) is 3.02. The molecule has 5 heteroatoms. The van der Waals surface area contributed by atoms with Gasteiger partial charge in [0, 0.05) is 12.1 Å². The maximum Gasteiger partial charge on any atom is 0.226 e. The Morgan fingerprint density at radius 1 is 1.04 bits per heavy atom. The van der Waals surface area contributed by atoms with Crippen LogP contribution in [0.1, 0.15) is 24.1 Å². The molecule has 1 aliphatic rings. The van der Waals surface area contributed by atoms with Gasteiger partial charge in [-0.05, 0) is 62.0 Å². The molecule has 1 aliphatic heterocycles. The lowest BCUT2D eigenvalue weighted by atomic mass is 9.90. The number of piperidine rings is 1. The molecule has 3 nitrogen and oxygen atoms in total. The van der Waals surface area contributed by atoms with Crippen molar-refractivity contribution in [3.63, 3.8) is 0 Å². The Morgan fingerprint density at radius 2 is 1.81 bits per heavy atom. The Balaban J connectivity index is 0.00000210.